The molecule has 0 amide bonds. The zero-order valence-electron chi connectivity index (χ0n) is 11.5. The van der Waals surface area contributed by atoms with Crippen molar-refractivity contribution in [1.82, 2.24) is 4.98 Å². The third-order valence-electron chi connectivity index (χ3n) is 2.48. The molecule has 0 aliphatic heterocycles. The Morgan fingerprint density at radius 2 is 2.05 bits per heavy atom. The van der Waals surface area contributed by atoms with E-state index in [2.05, 4.69) is 20.9 Å². The Balaban J connectivity index is 2.38. The SMILES string of the molecule is CC(C)Oc1cccnc1Oc1cc(Br)ccc1C(=O)O. The van der Waals surface area contributed by atoms with Crippen LogP contribution in [0.1, 0.15) is 24.2 Å². The van der Waals surface area contributed by atoms with Crippen LogP contribution in [-0.2, 0) is 0 Å². The first kappa shape index (κ1) is 15.3. The molecule has 2 aromatic rings. The topological polar surface area (TPSA) is 68.7 Å². The van der Waals surface area contributed by atoms with Crippen molar-refractivity contribution in [2.75, 3.05) is 0 Å². The first-order valence-electron chi connectivity index (χ1n) is 6.29. The van der Waals surface area contributed by atoms with Gasteiger partial charge in [-0.25, -0.2) is 9.78 Å². The van der Waals surface area contributed by atoms with Gasteiger partial charge in [0.15, 0.2) is 5.75 Å². The lowest BCUT2D eigenvalue weighted by atomic mass is 10.2. The minimum Gasteiger partial charge on any atom is -0.485 e. The number of carbonyl (C=O) groups is 1. The summed E-state index contributed by atoms with van der Waals surface area (Å²) in [6.45, 7) is 3.77. The van der Waals surface area contributed by atoms with Crippen molar-refractivity contribution >= 4 is 21.9 Å². The number of ether oxygens (including phenoxy) is 2. The molecule has 1 aromatic heterocycles. The fourth-order valence-corrected chi connectivity index (χ4v) is 2.00. The Morgan fingerprint density at radius 1 is 1.29 bits per heavy atom. The molecule has 21 heavy (non-hydrogen) atoms. The van der Waals surface area contributed by atoms with E-state index < -0.39 is 5.97 Å². The van der Waals surface area contributed by atoms with E-state index in [4.69, 9.17) is 9.47 Å². The monoisotopic (exact) mass is 351 g/mol. The number of nitrogens with zero attached hydrogens (tertiary/aromatic N) is 1. The van der Waals surface area contributed by atoms with Crippen LogP contribution in [0.15, 0.2) is 41.0 Å². The second-order valence-corrected chi connectivity index (χ2v) is 5.44. The van der Waals surface area contributed by atoms with Crippen molar-refractivity contribution in [1.29, 1.82) is 0 Å². The van der Waals surface area contributed by atoms with Crippen molar-refractivity contribution in [3.05, 3.63) is 46.6 Å². The van der Waals surface area contributed by atoms with Crippen LogP contribution in [0.2, 0.25) is 0 Å². The molecule has 0 aliphatic carbocycles. The van der Waals surface area contributed by atoms with Gasteiger partial charge in [-0.05, 0) is 44.2 Å². The number of halogens is 1. The maximum atomic E-state index is 11.2. The molecule has 6 heteroatoms. The molecule has 1 N–H and O–H groups in total. The Kier molecular flexibility index (Phi) is 4.80. The van der Waals surface area contributed by atoms with E-state index >= 15 is 0 Å². The smallest absolute Gasteiger partial charge is 0.339 e. The second kappa shape index (κ2) is 6.58. The Labute approximate surface area is 130 Å². The van der Waals surface area contributed by atoms with Gasteiger partial charge >= 0.3 is 5.97 Å². The van der Waals surface area contributed by atoms with Gasteiger partial charge in [-0.15, -0.1) is 0 Å². The van der Waals surface area contributed by atoms with Gasteiger partial charge < -0.3 is 14.6 Å². The number of benzene rings is 1. The van der Waals surface area contributed by atoms with Crippen molar-refractivity contribution in [2.24, 2.45) is 0 Å². The molecular formula is C15H14BrNO4. The molecular weight excluding hydrogens is 338 g/mol. The van der Waals surface area contributed by atoms with Crippen molar-refractivity contribution < 1.29 is 19.4 Å². The lowest BCUT2D eigenvalue weighted by Gasteiger charge is -2.14. The van der Waals surface area contributed by atoms with Crippen molar-refractivity contribution in [3.8, 4) is 17.4 Å². The summed E-state index contributed by atoms with van der Waals surface area (Å²) in [7, 11) is 0. The maximum Gasteiger partial charge on any atom is 0.339 e. The molecule has 2 rings (SSSR count). The highest BCUT2D eigenvalue weighted by Crippen LogP contribution is 2.33. The van der Waals surface area contributed by atoms with Crippen molar-refractivity contribution in [2.45, 2.75) is 20.0 Å². The maximum absolute atomic E-state index is 11.2. The standard InChI is InChI=1S/C15H14BrNO4/c1-9(2)20-12-4-3-7-17-14(12)21-13-8-10(16)5-6-11(13)15(18)19/h3-9H,1-2H3,(H,18,19). The van der Waals surface area contributed by atoms with Gasteiger partial charge in [0.05, 0.1) is 6.10 Å². The number of carboxylic acids is 1. The molecule has 0 bridgehead atoms. The van der Waals surface area contributed by atoms with Gasteiger partial charge in [0.2, 0.25) is 0 Å². The highest BCUT2D eigenvalue weighted by molar-refractivity contribution is 9.10. The van der Waals surface area contributed by atoms with Gasteiger partial charge in [0.25, 0.3) is 5.88 Å². The molecule has 110 valence electrons. The van der Waals surface area contributed by atoms with E-state index in [0.29, 0.717) is 10.2 Å². The van der Waals surface area contributed by atoms with Crippen LogP contribution in [0.3, 0.4) is 0 Å². The Morgan fingerprint density at radius 3 is 2.71 bits per heavy atom. The highest BCUT2D eigenvalue weighted by atomic mass is 79.9. The molecule has 1 heterocycles. The molecule has 5 nitrogen and oxygen atoms in total. The lowest BCUT2D eigenvalue weighted by molar-refractivity contribution is 0.0694. The predicted octanol–water partition coefficient (Wildman–Crippen LogP) is 4.12. The molecule has 0 atom stereocenters. The summed E-state index contributed by atoms with van der Waals surface area (Å²) in [5.74, 6) is -0.181. The van der Waals surface area contributed by atoms with Crippen LogP contribution < -0.4 is 9.47 Å². The van der Waals surface area contributed by atoms with E-state index in [-0.39, 0.29) is 23.3 Å². The van der Waals surface area contributed by atoms with Crippen molar-refractivity contribution in [3.63, 3.8) is 0 Å². The molecule has 0 radical (unpaired) electrons. The summed E-state index contributed by atoms with van der Waals surface area (Å²) >= 11 is 3.29. The number of hydrogen-bond acceptors (Lipinski definition) is 4. The average Bonchev–Trinajstić information content (AvgIpc) is 2.40. The summed E-state index contributed by atoms with van der Waals surface area (Å²) in [5, 5.41) is 9.20. The van der Waals surface area contributed by atoms with E-state index in [1.807, 2.05) is 13.8 Å². The van der Waals surface area contributed by atoms with Crippen LogP contribution in [0.25, 0.3) is 0 Å². The molecule has 1 aromatic carbocycles. The number of aromatic carboxylic acids is 1. The number of hydrogen-bond donors (Lipinski definition) is 1. The predicted molar refractivity (Wildman–Crippen MR) is 81.2 cm³/mol. The fraction of sp³-hybridized carbons (Fsp3) is 0.200. The first-order valence-corrected chi connectivity index (χ1v) is 7.09. The van der Waals surface area contributed by atoms with Crippen LogP contribution in [0.5, 0.6) is 17.4 Å². The van der Waals surface area contributed by atoms with Crippen LogP contribution in [-0.4, -0.2) is 22.2 Å². The van der Waals surface area contributed by atoms with Gasteiger partial charge in [-0.3, -0.25) is 0 Å². The Bertz CT molecular complexity index is 658. The summed E-state index contributed by atoms with van der Waals surface area (Å²) < 4.78 is 12.0. The second-order valence-electron chi connectivity index (χ2n) is 4.52. The molecule has 0 aliphatic rings. The zero-order chi connectivity index (χ0) is 15.4. The zero-order valence-corrected chi connectivity index (χ0v) is 13.1. The van der Waals surface area contributed by atoms with E-state index in [1.54, 1.807) is 30.5 Å². The molecule has 0 unspecified atom stereocenters. The number of carboxylic acid groups (broad SMARTS) is 1. The van der Waals surface area contributed by atoms with Gasteiger partial charge in [0.1, 0.15) is 11.3 Å². The molecule has 0 spiro atoms. The molecule has 0 fully saturated rings. The van der Waals surface area contributed by atoms with Crippen LogP contribution >= 0.6 is 15.9 Å². The highest BCUT2D eigenvalue weighted by Gasteiger charge is 2.16. The summed E-state index contributed by atoms with van der Waals surface area (Å²) in [4.78, 5) is 15.3. The number of rotatable bonds is 5. The van der Waals surface area contributed by atoms with Gasteiger partial charge in [-0.2, -0.15) is 0 Å². The largest absolute Gasteiger partial charge is 0.485 e. The van der Waals surface area contributed by atoms with Gasteiger partial charge in [-0.1, -0.05) is 15.9 Å². The molecule has 0 saturated carbocycles. The number of aromatic nitrogens is 1. The van der Waals surface area contributed by atoms with E-state index in [1.165, 1.54) is 6.07 Å². The lowest BCUT2D eigenvalue weighted by Crippen LogP contribution is -2.07. The number of pyridine rings is 1. The van der Waals surface area contributed by atoms with Crippen LogP contribution in [0, 0.1) is 0 Å². The first-order chi connectivity index (χ1) is 9.97. The normalized spacial score (nSPS) is 10.5. The molecule has 0 saturated heterocycles. The quantitative estimate of drug-likeness (QED) is 0.877. The summed E-state index contributed by atoms with van der Waals surface area (Å²) in [6, 6.07) is 8.13. The third kappa shape index (κ3) is 3.95. The van der Waals surface area contributed by atoms with E-state index in [9.17, 15) is 9.90 Å². The third-order valence-corrected chi connectivity index (χ3v) is 2.97. The van der Waals surface area contributed by atoms with Gasteiger partial charge in [0, 0.05) is 10.7 Å². The van der Waals surface area contributed by atoms with E-state index in [0.717, 1.165) is 0 Å². The minimum absolute atomic E-state index is 0.0435. The summed E-state index contributed by atoms with van der Waals surface area (Å²) in [5.41, 5.74) is 0.0550. The summed E-state index contributed by atoms with van der Waals surface area (Å²) in [6.07, 6.45) is 1.51. The van der Waals surface area contributed by atoms with Crippen LogP contribution in [0.4, 0.5) is 0 Å². The Hall–Kier alpha value is -2.08. The average molecular weight is 352 g/mol. The minimum atomic E-state index is -1.07. The fourth-order valence-electron chi connectivity index (χ4n) is 1.66.